The molecule has 0 amide bonds. The van der Waals surface area contributed by atoms with Gasteiger partial charge in [-0.05, 0) is 52.4 Å². The van der Waals surface area contributed by atoms with Crippen LogP contribution in [0.1, 0.15) is 45.6 Å². The Bertz CT molecular complexity index is 1270. The van der Waals surface area contributed by atoms with Crippen LogP contribution in [0.25, 0.3) is 0 Å². The topological polar surface area (TPSA) is 132 Å². The highest BCUT2D eigenvalue weighted by Crippen LogP contribution is 2.34. The molecule has 37 heavy (non-hydrogen) atoms. The first-order valence-corrected chi connectivity index (χ1v) is 12.2. The van der Waals surface area contributed by atoms with Crippen LogP contribution in [0.2, 0.25) is 0 Å². The predicted octanol–water partition coefficient (Wildman–Crippen LogP) is 2.31. The average molecular weight is 504 g/mol. The van der Waals surface area contributed by atoms with Crippen LogP contribution in [-0.2, 0) is 22.5 Å². The maximum absolute atomic E-state index is 10.5. The highest BCUT2D eigenvalue weighted by molar-refractivity contribution is 5.44. The second-order valence-electron chi connectivity index (χ2n) is 9.41. The summed E-state index contributed by atoms with van der Waals surface area (Å²) in [5.41, 5.74) is 5.04. The maximum Gasteiger partial charge on any atom is 0.119 e. The highest BCUT2D eigenvalue weighted by atomic mass is 16.5. The molecule has 0 spiro atoms. The van der Waals surface area contributed by atoms with Crippen LogP contribution >= 0.6 is 0 Å². The molecule has 1 fully saturated rings. The quantitative estimate of drug-likeness (QED) is 0.386. The second-order valence-corrected chi connectivity index (χ2v) is 9.41. The number of hydrogen-bond acceptors (Lipinski definition) is 8. The number of nitriles is 1. The molecule has 4 N–H and O–H groups in total. The first-order valence-electron chi connectivity index (χ1n) is 12.2. The summed E-state index contributed by atoms with van der Waals surface area (Å²) in [5, 5.41) is 49.8. The zero-order valence-electron chi connectivity index (χ0n) is 20.1. The van der Waals surface area contributed by atoms with E-state index in [4.69, 9.17) is 14.2 Å². The van der Waals surface area contributed by atoms with Gasteiger partial charge in [0.05, 0.1) is 24.8 Å². The van der Waals surface area contributed by atoms with E-state index < -0.39 is 37.1 Å². The first kappa shape index (κ1) is 25.4. The Morgan fingerprint density at radius 2 is 1.73 bits per heavy atom. The molecule has 0 bridgehead atoms. The van der Waals surface area contributed by atoms with E-state index in [-0.39, 0.29) is 6.10 Å². The third kappa shape index (κ3) is 5.24. The molecule has 5 rings (SSSR count). The number of hydrogen-bond donors (Lipinski definition) is 4. The minimum Gasteiger partial charge on any atom is -0.491 e. The number of rotatable bonds is 7. The number of ether oxygens (including phenoxy) is 3. The number of fused-ring (bicyclic) bond motifs is 1. The maximum atomic E-state index is 10.5. The largest absolute Gasteiger partial charge is 0.491 e. The van der Waals surface area contributed by atoms with Crippen LogP contribution in [-0.4, -0.2) is 58.1 Å². The van der Waals surface area contributed by atoms with Crippen LogP contribution in [0, 0.1) is 11.3 Å². The van der Waals surface area contributed by atoms with Gasteiger partial charge in [-0.2, -0.15) is 5.26 Å². The van der Waals surface area contributed by atoms with Crippen molar-refractivity contribution in [2.75, 3.05) is 13.2 Å². The van der Waals surface area contributed by atoms with Crippen molar-refractivity contribution in [2.24, 2.45) is 0 Å². The number of aliphatic hydroxyl groups excluding tert-OH is 4. The van der Waals surface area contributed by atoms with Crippen molar-refractivity contribution >= 4 is 0 Å². The highest BCUT2D eigenvalue weighted by Gasteiger charge is 2.44. The Hall–Kier alpha value is -3.29. The van der Waals surface area contributed by atoms with Crippen molar-refractivity contribution in [2.45, 2.75) is 49.7 Å². The van der Waals surface area contributed by atoms with Gasteiger partial charge in [-0.25, -0.2) is 0 Å². The van der Waals surface area contributed by atoms with E-state index in [0.717, 1.165) is 16.7 Å². The lowest BCUT2D eigenvalue weighted by Gasteiger charge is -2.40. The van der Waals surface area contributed by atoms with E-state index in [2.05, 4.69) is 18.2 Å². The lowest BCUT2D eigenvalue weighted by atomic mass is 9.89. The summed E-state index contributed by atoms with van der Waals surface area (Å²) in [5.74, 6) is 0.715. The smallest absolute Gasteiger partial charge is 0.119 e. The van der Waals surface area contributed by atoms with Crippen LogP contribution < -0.4 is 4.74 Å². The molecule has 0 radical (unpaired) electrons. The van der Waals surface area contributed by atoms with Gasteiger partial charge in [-0.1, -0.05) is 48.5 Å². The number of benzene rings is 3. The molecule has 0 saturated carbocycles. The van der Waals surface area contributed by atoms with Gasteiger partial charge < -0.3 is 34.6 Å². The van der Waals surface area contributed by atoms with Gasteiger partial charge in [0.15, 0.2) is 0 Å². The Labute approximate surface area is 214 Å². The molecule has 0 aliphatic carbocycles. The van der Waals surface area contributed by atoms with E-state index in [1.807, 2.05) is 36.4 Å². The van der Waals surface area contributed by atoms with Gasteiger partial charge in [0.1, 0.15) is 49.0 Å². The molecule has 2 aliphatic rings. The SMILES string of the molecule is N#Cc1ccc([C@@H]2O[C@H](CO)[C@@H](O)[C@H](O)[C@H]2O)cc1Cc1ccc(OCC2OCc3ccccc32)cc1. The predicted molar refractivity (Wildman–Crippen MR) is 133 cm³/mol. The van der Waals surface area contributed by atoms with Crippen molar-refractivity contribution in [3.05, 3.63) is 100 Å². The zero-order chi connectivity index (χ0) is 25.9. The van der Waals surface area contributed by atoms with Crippen LogP contribution in [0.4, 0.5) is 0 Å². The van der Waals surface area contributed by atoms with Gasteiger partial charge in [0.25, 0.3) is 0 Å². The molecule has 3 aromatic carbocycles. The van der Waals surface area contributed by atoms with Crippen LogP contribution in [0.3, 0.4) is 0 Å². The molecule has 192 valence electrons. The Balaban J connectivity index is 1.28. The molecular formula is C29H29NO7. The lowest BCUT2D eigenvalue weighted by Crippen LogP contribution is -2.55. The summed E-state index contributed by atoms with van der Waals surface area (Å²) >= 11 is 0. The summed E-state index contributed by atoms with van der Waals surface area (Å²) in [7, 11) is 0. The van der Waals surface area contributed by atoms with E-state index in [9.17, 15) is 25.7 Å². The Kier molecular flexibility index (Phi) is 7.53. The van der Waals surface area contributed by atoms with E-state index in [1.165, 1.54) is 5.56 Å². The van der Waals surface area contributed by atoms with Gasteiger partial charge in [-0.3, -0.25) is 0 Å². The summed E-state index contributed by atoms with van der Waals surface area (Å²) < 4.78 is 17.5. The van der Waals surface area contributed by atoms with Gasteiger partial charge >= 0.3 is 0 Å². The van der Waals surface area contributed by atoms with Crippen molar-refractivity contribution in [3.8, 4) is 11.8 Å². The molecule has 2 aliphatic heterocycles. The van der Waals surface area contributed by atoms with Gasteiger partial charge in [0, 0.05) is 0 Å². The Morgan fingerprint density at radius 3 is 2.49 bits per heavy atom. The molecule has 8 nitrogen and oxygen atoms in total. The lowest BCUT2D eigenvalue weighted by molar-refractivity contribution is -0.231. The summed E-state index contributed by atoms with van der Waals surface area (Å²) in [6.07, 6.45) is -5.88. The number of nitrogens with zero attached hydrogens (tertiary/aromatic N) is 1. The van der Waals surface area contributed by atoms with E-state index in [1.54, 1.807) is 18.2 Å². The second kappa shape index (κ2) is 11.0. The summed E-state index contributed by atoms with van der Waals surface area (Å²) in [6, 6.07) is 23.0. The minimum absolute atomic E-state index is 0.0979. The normalized spacial score (nSPS) is 26.9. The van der Waals surface area contributed by atoms with Crippen molar-refractivity contribution < 1.29 is 34.6 Å². The first-order chi connectivity index (χ1) is 18.0. The molecule has 1 unspecified atom stereocenters. The minimum atomic E-state index is -1.47. The molecule has 0 aromatic heterocycles. The van der Waals surface area contributed by atoms with Crippen LogP contribution in [0.5, 0.6) is 5.75 Å². The fourth-order valence-electron chi connectivity index (χ4n) is 4.92. The fraction of sp³-hybridized carbons (Fsp3) is 0.345. The van der Waals surface area contributed by atoms with Crippen molar-refractivity contribution in [1.82, 2.24) is 0 Å². The van der Waals surface area contributed by atoms with Gasteiger partial charge in [-0.15, -0.1) is 0 Å². The summed E-state index contributed by atoms with van der Waals surface area (Å²) in [4.78, 5) is 0. The van der Waals surface area contributed by atoms with E-state index in [0.29, 0.717) is 36.5 Å². The van der Waals surface area contributed by atoms with Crippen LogP contribution in [0.15, 0.2) is 66.7 Å². The molecule has 1 saturated heterocycles. The molecular weight excluding hydrogens is 474 g/mol. The van der Waals surface area contributed by atoms with Gasteiger partial charge in [0.2, 0.25) is 0 Å². The molecule has 2 heterocycles. The van der Waals surface area contributed by atoms with Crippen molar-refractivity contribution in [1.29, 1.82) is 5.26 Å². The average Bonchev–Trinajstić information content (AvgIpc) is 3.35. The van der Waals surface area contributed by atoms with Crippen molar-refractivity contribution in [3.63, 3.8) is 0 Å². The fourth-order valence-corrected chi connectivity index (χ4v) is 4.92. The zero-order valence-corrected chi connectivity index (χ0v) is 20.1. The molecule has 6 atom stereocenters. The monoisotopic (exact) mass is 503 g/mol. The third-order valence-corrected chi connectivity index (χ3v) is 7.03. The number of aliphatic hydroxyl groups is 4. The third-order valence-electron chi connectivity index (χ3n) is 7.03. The standard InChI is InChI=1S/C29H29NO7/c30-13-19-8-7-18(29-28(34)27(33)26(32)24(14-31)37-29)12-21(19)11-17-5-9-22(10-6-17)35-16-25-23-4-2-1-3-20(23)15-36-25/h1-10,12,24-29,31-34H,11,14-16H2/t24-,25?,26-,27+,28-,29+/m1/s1. The molecule has 3 aromatic rings. The Morgan fingerprint density at radius 1 is 0.946 bits per heavy atom. The summed E-state index contributed by atoms with van der Waals surface area (Å²) in [6.45, 7) is 0.501. The molecule has 8 heteroatoms. The van der Waals surface area contributed by atoms with E-state index >= 15 is 0 Å².